The molecule has 2 aromatic carbocycles. The molecular formula is C20H27ClO3Si. The van der Waals surface area contributed by atoms with Crippen molar-refractivity contribution in [3.8, 4) is 11.5 Å². The minimum Gasteiger partial charge on any atom is -0.541 e. The van der Waals surface area contributed by atoms with E-state index in [0.717, 1.165) is 5.56 Å². The summed E-state index contributed by atoms with van der Waals surface area (Å²) in [4.78, 5) is 0. The first kappa shape index (κ1) is 19.8. The van der Waals surface area contributed by atoms with E-state index in [4.69, 9.17) is 20.8 Å². The maximum absolute atomic E-state index is 9.50. The van der Waals surface area contributed by atoms with Crippen LogP contribution in [0.5, 0.6) is 11.5 Å². The van der Waals surface area contributed by atoms with Crippen LogP contribution in [0.2, 0.25) is 23.2 Å². The number of hydrogen-bond acceptors (Lipinski definition) is 3. The number of hydrogen-bond donors (Lipinski definition) is 1. The van der Waals surface area contributed by atoms with E-state index < -0.39 is 8.32 Å². The van der Waals surface area contributed by atoms with Crippen LogP contribution in [-0.2, 0) is 13.2 Å². The smallest absolute Gasteiger partial charge is 0.250 e. The van der Waals surface area contributed by atoms with Crippen molar-refractivity contribution in [3.05, 3.63) is 58.6 Å². The molecule has 0 aliphatic carbocycles. The van der Waals surface area contributed by atoms with E-state index in [0.29, 0.717) is 28.7 Å². The van der Waals surface area contributed by atoms with Crippen LogP contribution in [0.4, 0.5) is 0 Å². The summed E-state index contributed by atoms with van der Waals surface area (Å²) in [7, 11) is -2.06. The van der Waals surface area contributed by atoms with Crippen molar-refractivity contribution >= 4 is 19.9 Å². The summed E-state index contributed by atoms with van der Waals surface area (Å²) in [5, 5.41) is 10.0. The minimum atomic E-state index is -2.06. The molecule has 0 aromatic heterocycles. The molecule has 2 aromatic rings. The molecule has 0 saturated carbocycles. The fraction of sp³-hybridized carbons (Fsp3) is 0.400. The maximum Gasteiger partial charge on any atom is 0.250 e. The van der Waals surface area contributed by atoms with Crippen molar-refractivity contribution in [1.82, 2.24) is 0 Å². The molecule has 25 heavy (non-hydrogen) atoms. The number of aliphatic hydroxyl groups is 1. The summed E-state index contributed by atoms with van der Waals surface area (Å²) >= 11 is 6.42. The van der Waals surface area contributed by atoms with Gasteiger partial charge in [-0.3, -0.25) is 0 Å². The van der Waals surface area contributed by atoms with Crippen LogP contribution in [0.15, 0.2) is 42.5 Å². The molecule has 0 bridgehead atoms. The fourth-order valence-corrected chi connectivity index (χ4v) is 3.38. The van der Waals surface area contributed by atoms with Gasteiger partial charge in [-0.25, -0.2) is 0 Å². The maximum atomic E-state index is 9.50. The Labute approximate surface area is 156 Å². The molecule has 0 atom stereocenters. The van der Waals surface area contributed by atoms with E-state index in [9.17, 15) is 5.11 Å². The molecule has 0 unspecified atom stereocenters. The van der Waals surface area contributed by atoms with Gasteiger partial charge in [-0.1, -0.05) is 62.7 Å². The van der Waals surface area contributed by atoms with Gasteiger partial charge in [0.2, 0.25) is 0 Å². The van der Waals surface area contributed by atoms with Crippen molar-refractivity contribution in [3.63, 3.8) is 0 Å². The number of benzene rings is 2. The predicted octanol–water partition coefficient (Wildman–Crippen LogP) is 5.80. The summed E-state index contributed by atoms with van der Waals surface area (Å²) < 4.78 is 12.4. The second-order valence-corrected chi connectivity index (χ2v) is 12.8. The normalized spacial score (nSPS) is 12.1. The highest BCUT2D eigenvalue weighted by Gasteiger charge is 2.39. The molecular weight excluding hydrogens is 352 g/mol. The Morgan fingerprint density at radius 2 is 1.68 bits per heavy atom. The Hall–Kier alpha value is -1.49. The van der Waals surface area contributed by atoms with Crippen LogP contribution < -0.4 is 9.16 Å². The summed E-state index contributed by atoms with van der Waals surface area (Å²) in [5.74, 6) is 1.15. The Bertz CT molecular complexity index is 709. The topological polar surface area (TPSA) is 38.7 Å². The van der Waals surface area contributed by atoms with Crippen LogP contribution in [0.3, 0.4) is 0 Å². The lowest BCUT2D eigenvalue weighted by atomic mass is 10.2. The highest BCUT2D eigenvalue weighted by molar-refractivity contribution is 6.74. The zero-order valence-electron chi connectivity index (χ0n) is 15.6. The lowest BCUT2D eigenvalue weighted by molar-refractivity contribution is 0.278. The summed E-state index contributed by atoms with van der Waals surface area (Å²) in [6.07, 6.45) is 0. The van der Waals surface area contributed by atoms with Gasteiger partial charge in [-0.05, 0) is 41.4 Å². The molecule has 0 fully saturated rings. The SMILES string of the molecule is CC(C)(C)[Si](C)(C)Oc1cc(CO)cc(Cl)c1OCc1ccccc1. The molecule has 0 amide bonds. The molecule has 0 aliphatic rings. The van der Waals surface area contributed by atoms with Crippen LogP contribution >= 0.6 is 11.6 Å². The van der Waals surface area contributed by atoms with Crippen LogP contribution in [0, 0.1) is 0 Å². The van der Waals surface area contributed by atoms with Crippen LogP contribution in [0.1, 0.15) is 31.9 Å². The Morgan fingerprint density at radius 3 is 2.24 bits per heavy atom. The number of rotatable bonds is 6. The number of aliphatic hydroxyl groups excluding tert-OH is 1. The molecule has 3 nitrogen and oxygen atoms in total. The third-order valence-corrected chi connectivity index (χ3v) is 9.27. The average molecular weight is 379 g/mol. The van der Waals surface area contributed by atoms with E-state index in [1.54, 1.807) is 6.07 Å². The summed E-state index contributed by atoms with van der Waals surface area (Å²) in [6, 6.07) is 13.5. The highest BCUT2D eigenvalue weighted by Crippen LogP contribution is 2.43. The molecule has 1 N–H and O–H groups in total. The number of halogens is 1. The number of ether oxygens (including phenoxy) is 1. The van der Waals surface area contributed by atoms with Crippen molar-refractivity contribution in [2.45, 2.75) is 52.1 Å². The Balaban J connectivity index is 2.34. The van der Waals surface area contributed by atoms with Gasteiger partial charge in [-0.2, -0.15) is 0 Å². The largest absolute Gasteiger partial charge is 0.541 e. The molecule has 5 heteroatoms. The average Bonchev–Trinajstić information content (AvgIpc) is 2.53. The Morgan fingerprint density at radius 1 is 1.04 bits per heavy atom. The minimum absolute atomic E-state index is 0.0470. The van der Waals surface area contributed by atoms with Gasteiger partial charge in [0.1, 0.15) is 12.4 Å². The van der Waals surface area contributed by atoms with Gasteiger partial charge in [0.05, 0.1) is 11.6 Å². The van der Waals surface area contributed by atoms with Crippen molar-refractivity contribution < 1.29 is 14.3 Å². The third kappa shape index (κ3) is 5.00. The first-order valence-corrected chi connectivity index (χ1v) is 11.7. The zero-order valence-corrected chi connectivity index (χ0v) is 17.4. The molecule has 0 saturated heterocycles. The lowest BCUT2D eigenvalue weighted by Gasteiger charge is -2.37. The van der Waals surface area contributed by atoms with Gasteiger partial charge < -0.3 is 14.3 Å². The second kappa shape index (κ2) is 7.81. The molecule has 0 radical (unpaired) electrons. The van der Waals surface area contributed by atoms with Gasteiger partial charge in [0.15, 0.2) is 5.75 Å². The van der Waals surface area contributed by atoms with E-state index in [-0.39, 0.29) is 11.6 Å². The van der Waals surface area contributed by atoms with Crippen LogP contribution in [0.25, 0.3) is 0 Å². The highest BCUT2D eigenvalue weighted by atomic mass is 35.5. The van der Waals surface area contributed by atoms with Gasteiger partial charge in [0, 0.05) is 0 Å². The first-order chi connectivity index (χ1) is 11.6. The monoisotopic (exact) mass is 378 g/mol. The summed E-state index contributed by atoms with van der Waals surface area (Å²) in [5.41, 5.74) is 1.77. The lowest BCUT2D eigenvalue weighted by Crippen LogP contribution is -2.44. The van der Waals surface area contributed by atoms with Gasteiger partial charge >= 0.3 is 0 Å². The first-order valence-electron chi connectivity index (χ1n) is 8.43. The quantitative estimate of drug-likeness (QED) is 0.646. The van der Waals surface area contributed by atoms with E-state index in [1.165, 1.54) is 0 Å². The second-order valence-electron chi connectivity index (χ2n) is 7.70. The molecule has 0 aliphatic heterocycles. The standard InChI is InChI=1S/C20H27ClO3Si/c1-20(2,3)25(4,5)24-18-12-16(13-22)11-17(21)19(18)23-14-15-9-7-6-8-10-15/h6-12,22H,13-14H2,1-5H3. The fourth-order valence-electron chi connectivity index (χ4n) is 2.09. The van der Waals surface area contributed by atoms with Crippen LogP contribution in [-0.4, -0.2) is 13.4 Å². The van der Waals surface area contributed by atoms with Gasteiger partial charge in [0.25, 0.3) is 8.32 Å². The molecule has 0 heterocycles. The third-order valence-electron chi connectivity index (χ3n) is 4.65. The van der Waals surface area contributed by atoms with Gasteiger partial charge in [-0.15, -0.1) is 0 Å². The Kier molecular flexibility index (Phi) is 6.19. The molecule has 136 valence electrons. The van der Waals surface area contributed by atoms with Crippen molar-refractivity contribution in [2.75, 3.05) is 0 Å². The van der Waals surface area contributed by atoms with Crippen molar-refractivity contribution in [2.24, 2.45) is 0 Å². The van der Waals surface area contributed by atoms with E-state index in [2.05, 4.69) is 33.9 Å². The van der Waals surface area contributed by atoms with E-state index >= 15 is 0 Å². The molecule has 0 spiro atoms. The van der Waals surface area contributed by atoms with E-state index in [1.807, 2.05) is 36.4 Å². The van der Waals surface area contributed by atoms with Crippen molar-refractivity contribution in [1.29, 1.82) is 0 Å². The molecule has 2 rings (SSSR count). The summed E-state index contributed by atoms with van der Waals surface area (Å²) in [6.45, 7) is 11.2. The predicted molar refractivity (Wildman–Crippen MR) is 106 cm³/mol. The zero-order chi connectivity index (χ0) is 18.7.